The molecule has 2 aromatic carbocycles. The molecule has 1 N–H and O–H groups in total. The number of alkyl carbamates (subject to hydrolysis) is 1. The first-order chi connectivity index (χ1) is 30.2. The zero-order valence-electron chi connectivity index (χ0n) is 39.2. The Morgan fingerprint density at radius 1 is 0.812 bits per heavy atom. The van der Waals surface area contributed by atoms with Crippen molar-refractivity contribution in [3.63, 3.8) is 0 Å². The van der Waals surface area contributed by atoms with Gasteiger partial charge in [-0.05, 0) is 122 Å². The second kappa shape index (κ2) is 16.5. The highest BCUT2D eigenvalue weighted by Crippen LogP contribution is 2.74. The van der Waals surface area contributed by atoms with Gasteiger partial charge in [-0.25, -0.2) is 9.59 Å². The largest absolute Gasteiger partial charge is 0.519 e. The molecule has 3 aromatic rings. The van der Waals surface area contributed by atoms with Crippen molar-refractivity contribution in [2.24, 2.45) is 44.8 Å². The van der Waals surface area contributed by atoms with Gasteiger partial charge in [-0.2, -0.15) is 0 Å². The number of amides is 1. The molecule has 0 unspecified atom stereocenters. The third-order valence-corrected chi connectivity index (χ3v) is 17.6. The molecule has 5 aliphatic rings. The molecule has 8 rings (SSSR count). The molecule has 1 heterocycles. The van der Waals surface area contributed by atoms with Crippen molar-refractivity contribution in [2.45, 2.75) is 157 Å². The van der Waals surface area contributed by atoms with Gasteiger partial charge in [0.15, 0.2) is 30.0 Å². The predicted octanol–water partition coefficient (Wildman–Crippen LogP) is 11.0. The molecule has 0 saturated heterocycles. The topological polar surface area (TPSA) is 151 Å². The third-order valence-electron chi connectivity index (χ3n) is 17.6. The van der Waals surface area contributed by atoms with E-state index in [1.807, 2.05) is 87.5 Å². The third kappa shape index (κ3) is 7.46. The summed E-state index contributed by atoms with van der Waals surface area (Å²) >= 11 is 0. The second-order valence-electron chi connectivity index (χ2n) is 21.6. The van der Waals surface area contributed by atoms with Crippen LogP contribution in [0.3, 0.4) is 0 Å². The molecule has 0 bridgehead atoms. The van der Waals surface area contributed by atoms with Gasteiger partial charge in [-0.1, -0.05) is 115 Å². The molecule has 1 amide bonds. The summed E-state index contributed by atoms with van der Waals surface area (Å²) in [5.41, 5.74) is -0.248. The Labute approximate surface area is 377 Å². The van der Waals surface area contributed by atoms with Crippen LogP contribution in [0.5, 0.6) is 0 Å². The lowest BCUT2D eigenvalue weighted by atomic mass is 9.34. The summed E-state index contributed by atoms with van der Waals surface area (Å²) in [7, 11) is 0. The highest BCUT2D eigenvalue weighted by atomic mass is 16.6. The summed E-state index contributed by atoms with van der Waals surface area (Å²) in [5.74, 6) is -1.67. The number of nitrogens with one attached hydrogen (secondary N) is 1. The highest BCUT2D eigenvalue weighted by molar-refractivity contribution is 5.96. The number of hydrogen-bond acceptors (Lipinski definition) is 10. The summed E-state index contributed by atoms with van der Waals surface area (Å²) < 4.78 is 28.8. The maximum atomic E-state index is 15.3. The monoisotopic (exact) mass is 877 g/mol. The fourth-order valence-corrected chi connectivity index (χ4v) is 13.7. The van der Waals surface area contributed by atoms with Gasteiger partial charge in [0.2, 0.25) is 0 Å². The predicted molar refractivity (Wildman–Crippen MR) is 240 cm³/mol. The molecule has 344 valence electrons. The number of carbonyl (C=O) groups excluding carboxylic acids is 4. The van der Waals surface area contributed by atoms with E-state index in [1.54, 1.807) is 6.92 Å². The van der Waals surface area contributed by atoms with E-state index >= 15 is 4.79 Å². The maximum Gasteiger partial charge on any atom is 0.519 e. The summed E-state index contributed by atoms with van der Waals surface area (Å²) in [4.78, 5) is 68.7. The maximum absolute atomic E-state index is 15.3. The van der Waals surface area contributed by atoms with Gasteiger partial charge in [-0.3, -0.25) is 14.4 Å². The minimum atomic E-state index is -1.09. The average molecular weight is 878 g/mol. The SMILES string of the molecule is CCC(=O)O[C@H]1CC[C@@]2(C)[C@@H](CC[C@]3(C)[C@@H]2C(=O)C=C2[C@@H]4C[C@@](C)(C(=O)OC(c5ccccc5)c5ccccc5)CC[C@]4(C)CC[C@]23C)[C@]1(C)NC(=O)OCc1oc(=O)oc1C(C)C. The van der Waals surface area contributed by atoms with Gasteiger partial charge in [0.05, 0.1) is 11.0 Å². The van der Waals surface area contributed by atoms with Gasteiger partial charge in [0.1, 0.15) is 6.10 Å². The number of carbonyl (C=O) groups is 4. The van der Waals surface area contributed by atoms with E-state index in [2.05, 4.69) is 39.9 Å². The van der Waals surface area contributed by atoms with Gasteiger partial charge in [-0.15, -0.1) is 0 Å². The highest BCUT2D eigenvalue weighted by Gasteiger charge is 2.71. The normalized spacial score (nSPS) is 35.5. The molecule has 4 saturated carbocycles. The van der Waals surface area contributed by atoms with E-state index in [-0.39, 0.29) is 71.0 Å². The van der Waals surface area contributed by atoms with E-state index in [1.165, 1.54) is 5.57 Å². The van der Waals surface area contributed by atoms with Crippen molar-refractivity contribution < 1.29 is 42.2 Å². The molecule has 5 aliphatic carbocycles. The lowest BCUT2D eigenvalue weighted by Crippen LogP contribution is -2.72. The van der Waals surface area contributed by atoms with Crippen LogP contribution in [0.4, 0.5) is 4.79 Å². The van der Waals surface area contributed by atoms with E-state index in [9.17, 15) is 19.2 Å². The van der Waals surface area contributed by atoms with E-state index in [0.29, 0.717) is 37.9 Å². The van der Waals surface area contributed by atoms with Gasteiger partial charge in [0, 0.05) is 18.3 Å². The van der Waals surface area contributed by atoms with Crippen LogP contribution in [0.25, 0.3) is 0 Å². The standard InChI is InChI=1S/C53H67NO10/c1-10-41(56)62-40-22-23-50(6)39(53(40,9)54-46(58)60-31-38-42(32(2)3)64-47(59)61-38)21-24-52(8)44(50)37(55)29-35-36-30-49(5,26-25-48(36,4)27-28-51(35,52)7)45(57)63-43(33-17-13-11-14-18-33)34-19-15-12-16-20-34/h11-20,29,32,36,39-40,43-44H,10,21-28,30-31H2,1-9H3,(H,54,58)/t36-,39+,40-,44+,48+,49-,50-,51+,52+,53-/m0/s1. The first-order valence-corrected chi connectivity index (χ1v) is 23.6. The summed E-state index contributed by atoms with van der Waals surface area (Å²) in [5, 5.41) is 3.15. The van der Waals surface area contributed by atoms with Crippen LogP contribution in [0.15, 0.2) is 85.9 Å². The molecule has 11 heteroatoms. The van der Waals surface area contributed by atoms with Crippen LogP contribution in [0, 0.1) is 44.8 Å². The van der Waals surface area contributed by atoms with Gasteiger partial charge < -0.3 is 28.4 Å². The van der Waals surface area contributed by atoms with Gasteiger partial charge >= 0.3 is 23.9 Å². The van der Waals surface area contributed by atoms with Crippen molar-refractivity contribution >= 4 is 23.8 Å². The molecule has 0 radical (unpaired) electrons. The van der Waals surface area contributed by atoms with Crippen molar-refractivity contribution in [3.05, 3.63) is 106 Å². The Morgan fingerprint density at radius 3 is 2.08 bits per heavy atom. The van der Waals surface area contributed by atoms with Crippen LogP contribution < -0.4 is 11.1 Å². The quantitative estimate of drug-likeness (QED) is 0.154. The van der Waals surface area contributed by atoms with Crippen LogP contribution in [-0.4, -0.2) is 35.5 Å². The average Bonchev–Trinajstić information content (AvgIpc) is 3.65. The molecule has 0 spiro atoms. The Kier molecular flexibility index (Phi) is 11.8. The van der Waals surface area contributed by atoms with Crippen molar-refractivity contribution in [3.8, 4) is 0 Å². The van der Waals surface area contributed by atoms with E-state index in [4.69, 9.17) is 23.0 Å². The van der Waals surface area contributed by atoms with Crippen molar-refractivity contribution in [1.82, 2.24) is 5.32 Å². The minimum Gasteiger partial charge on any atom is -0.460 e. The Hall–Kier alpha value is -4.93. The first kappa shape index (κ1) is 45.6. The van der Waals surface area contributed by atoms with E-state index < -0.39 is 45.9 Å². The van der Waals surface area contributed by atoms with Crippen LogP contribution in [-0.2, 0) is 35.2 Å². The molecular formula is C53H67NO10. The number of ketones is 1. The van der Waals surface area contributed by atoms with Crippen molar-refractivity contribution in [2.75, 3.05) is 0 Å². The Morgan fingerprint density at radius 2 is 1.45 bits per heavy atom. The number of benzene rings is 2. The molecule has 10 atom stereocenters. The number of ether oxygens (including phenoxy) is 3. The fraction of sp³-hybridized carbons (Fsp3) is 0.604. The number of rotatable bonds is 10. The smallest absolute Gasteiger partial charge is 0.460 e. The summed E-state index contributed by atoms with van der Waals surface area (Å²) in [6.45, 7) is 18.4. The first-order valence-electron chi connectivity index (χ1n) is 23.6. The summed E-state index contributed by atoms with van der Waals surface area (Å²) in [6, 6.07) is 19.8. The lowest BCUT2D eigenvalue weighted by molar-refractivity contribution is -0.200. The molecule has 1 aromatic heterocycles. The van der Waals surface area contributed by atoms with E-state index in [0.717, 1.165) is 36.8 Å². The van der Waals surface area contributed by atoms with Gasteiger partial charge in [0.25, 0.3) is 0 Å². The number of allylic oxidation sites excluding steroid dienone is 2. The second-order valence-corrected chi connectivity index (χ2v) is 21.6. The molecule has 4 fully saturated rings. The Balaban J connectivity index is 1.09. The number of esters is 2. The number of hydrogen-bond donors (Lipinski definition) is 1. The summed E-state index contributed by atoms with van der Waals surface area (Å²) in [6.07, 6.45) is 6.76. The Bertz CT molecular complexity index is 2330. The molecule has 11 nitrogen and oxygen atoms in total. The number of fused-ring (bicyclic) bond motifs is 7. The zero-order valence-corrected chi connectivity index (χ0v) is 39.2. The van der Waals surface area contributed by atoms with Crippen molar-refractivity contribution in [1.29, 1.82) is 0 Å². The van der Waals surface area contributed by atoms with Crippen LogP contribution in [0.2, 0.25) is 0 Å². The molecule has 64 heavy (non-hydrogen) atoms. The minimum absolute atomic E-state index is 0.0125. The zero-order chi connectivity index (χ0) is 46.0. The molecule has 0 aliphatic heterocycles. The molecular weight excluding hydrogens is 811 g/mol. The fourth-order valence-electron chi connectivity index (χ4n) is 13.7. The lowest BCUT2D eigenvalue weighted by Gasteiger charge is -2.70. The van der Waals surface area contributed by atoms with Crippen LogP contribution in [0.1, 0.15) is 161 Å². The van der Waals surface area contributed by atoms with Crippen LogP contribution >= 0.6 is 0 Å².